The topological polar surface area (TPSA) is 29.9 Å². The smallest absolute Gasteiger partial charge is 0.145 e. The zero-order valence-electron chi connectivity index (χ0n) is 11.9. The van der Waals surface area contributed by atoms with Gasteiger partial charge in [-0.1, -0.05) is 6.92 Å². The first kappa shape index (κ1) is 16.1. The molecule has 3 nitrogen and oxygen atoms in total. The third-order valence-corrected chi connectivity index (χ3v) is 3.76. The van der Waals surface area contributed by atoms with Crippen molar-refractivity contribution in [1.82, 2.24) is 14.9 Å². The summed E-state index contributed by atoms with van der Waals surface area (Å²) < 4.78 is 29.6. The molecular formula is C15H18BrF2N3. The minimum atomic E-state index is -0.560. The Kier molecular flexibility index (Phi) is 5.87. The van der Waals surface area contributed by atoms with Crippen LogP contribution in [0.4, 0.5) is 8.78 Å². The van der Waals surface area contributed by atoms with Crippen LogP contribution in [0.25, 0.3) is 0 Å². The van der Waals surface area contributed by atoms with E-state index in [-0.39, 0.29) is 16.6 Å². The molecule has 0 aliphatic carbocycles. The second-order valence-corrected chi connectivity index (χ2v) is 5.71. The molecule has 0 unspecified atom stereocenters. The molecule has 0 fully saturated rings. The zero-order chi connectivity index (χ0) is 15.2. The summed E-state index contributed by atoms with van der Waals surface area (Å²) in [5, 5.41) is 3.29. The maximum atomic E-state index is 13.9. The Balaban J connectivity index is 2.01. The minimum Gasteiger partial charge on any atom is -0.333 e. The van der Waals surface area contributed by atoms with Crippen molar-refractivity contribution >= 4 is 15.9 Å². The van der Waals surface area contributed by atoms with Crippen molar-refractivity contribution in [3.63, 3.8) is 0 Å². The quantitative estimate of drug-likeness (QED) is 0.606. The van der Waals surface area contributed by atoms with Crippen LogP contribution in [0.15, 0.2) is 29.1 Å². The molecule has 1 aromatic heterocycles. The molecule has 1 heterocycles. The fourth-order valence-electron chi connectivity index (χ4n) is 2.04. The molecule has 0 saturated carbocycles. The van der Waals surface area contributed by atoms with Crippen LogP contribution >= 0.6 is 15.9 Å². The van der Waals surface area contributed by atoms with Crippen LogP contribution in [-0.2, 0) is 13.0 Å². The lowest BCUT2D eigenvalue weighted by atomic mass is 10.2. The Hall–Kier alpha value is -1.27. The highest BCUT2D eigenvalue weighted by Gasteiger charge is 2.13. The van der Waals surface area contributed by atoms with Gasteiger partial charge in [0.1, 0.15) is 11.6 Å². The van der Waals surface area contributed by atoms with Crippen molar-refractivity contribution < 1.29 is 8.78 Å². The predicted octanol–water partition coefficient (Wildman–Crippen LogP) is 3.51. The predicted molar refractivity (Wildman–Crippen MR) is 82.3 cm³/mol. The van der Waals surface area contributed by atoms with Crippen LogP contribution in [0.1, 0.15) is 24.6 Å². The van der Waals surface area contributed by atoms with Gasteiger partial charge in [-0.05, 0) is 41.0 Å². The molecule has 0 amide bonds. The summed E-state index contributed by atoms with van der Waals surface area (Å²) in [5.41, 5.74) is 0.951. The molecule has 6 heteroatoms. The highest BCUT2D eigenvalue weighted by atomic mass is 79.9. The summed E-state index contributed by atoms with van der Waals surface area (Å²) in [6.07, 6.45) is 5.33. The number of imidazole rings is 1. The number of hydrogen-bond acceptors (Lipinski definition) is 2. The summed E-state index contributed by atoms with van der Waals surface area (Å²) in [4.78, 5) is 4.26. The highest BCUT2D eigenvalue weighted by molar-refractivity contribution is 9.10. The van der Waals surface area contributed by atoms with Crippen molar-refractivity contribution in [2.24, 2.45) is 0 Å². The Morgan fingerprint density at radius 1 is 1.29 bits per heavy atom. The first-order valence-electron chi connectivity index (χ1n) is 6.95. The molecule has 0 aliphatic heterocycles. The molecule has 0 radical (unpaired) electrons. The third kappa shape index (κ3) is 4.35. The average molecular weight is 358 g/mol. The number of nitrogens with one attached hydrogen (secondary N) is 1. The van der Waals surface area contributed by atoms with Gasteiger partial charge in [0, 0.05) is 24.7 Å². The van der Waals surface area contributed by atoms with E-state index in [9.17, 15) is 8.78 Å². The van der Waals surface area contributed by atoms with Crippen molar-refractivity contribution in [2.45, 2.75) is 26.3 Å². The van der Waals surface area contributed by atoms with Crippen LogP contribution in [0.3, 0.4) is 0 Å². The van der Waals surface area contributed by atoms with E-state index in [0.29, 0.717) is 0 Å². The molecule has 114 valence electrons. The van der Waals surface area contributed by atoms with Crippen LogP contribution in [-0.4, -0.2) is 22.6 Å². The molecule has 21 heavy (non-hydrogen) atoms. The van der Waals surface area contributed by atoms with E-state index in [0.717, 1.165) is 31.6 Å². The molecule has 0 bridgehead atoms. The van der Waals surface area contributed by atoms with Gasteiger partial charge < -0.3 is 9.88 Å². The molecule has 0 aliphatic rings. The summed E-state index contributed by atoms with van der Waals surface area (Å²) in [6.45, 7) is 4.08. The third-order valence-electron chi connectivity index (χ3n) is 3.15. The van der Waals surface area contributed by atoms with Gasteiger partial charge in [-0.25, -0.2) is 13.8 Å². The average Bonchev–Trinajstić information content (AvgIpc) is 2.92. The fraction of sp³-hybridized carbons (Fsp3) is 0.400. The molecule has 0 saturated heterocycles. The van der Waals surface area contributed by atoms with Gasteiger partial charge in [0.15, 0.2) is 0 Å². The molecule has 0 atom stereocenters. The summed E-state index contributed by atoms with van der Waals surface area (Å²) in [5.74, 6) is -1.11. The molecule has 2 rings (SSSR count). The number of halogens is 3. The lowest BCUT2D eigenvalue weighted by molar-refractivity contribution is 0.540. The van der Waals surface area contributed by atoms with E-state index in [2.05, 4.69) is 33.2 Å². The Bertz CT molecular complexity index is 599. The lowest BCUT2D eigenvalue weighted by Crippen LogP contribution is -2.17. The summed E-state index contributed by atoms with van der Waals surface area (Å²) >= 11 is 3.07. The van der Waals surface area contributed by atoms with Gasteiger partial charge in [0.25, 0.3) is 0 Å². The van der Waals surface area contributed by atoms with Crippen LogP contribution in [0.5, 0.6) is 0 Å². The van der Waals surface area contributed by atoms with E-state index in [1.807, 2.05) is 6.20 Å². The second-order valence-electron chi connectivity index (χ2n) is 4.86. The van der Waals surface area contributed by atoms with Gasteiger partial charge in [0.05, 0.1) is 23.0 Å². The van der Waals surface area contributed by atoms with Crippen molar-refractivity contribution in [1.29, 1.82) is 0 Å². The Labute approximate surface area is 131 Å². The number of hydrogen-bond donors (Lipinski definition) is 1. The fourth-order valence-corrected chi connectivity index (χ4v) is 2.41. The van der Waals surface area contributed by atoms with Crippen molar-refractivity contribution in [3.8, 4) is 0 Å². The first-order valence-corrected chi connectivity index (χ1v) is 7.75. The van der Waals surface area contributed by atoms with Gasteiger partial charge >= 0.3 is 0 Å². The van der Waals surface area contributed by atoms with Gasteiger partial charge in [-0.15, -0.1) is 0 Å². The highest BCUT2D eigenvalue weighted by Crippen LogP contribution is 2.22. The van der Waals surface area contributed by atoms with Gasteiger partial charge in [-0.3, -0.25) is 0 Å². The standard InChI is InChI=1S/C15H18BrF2N3/c1-2-6-19-7-5-11-8-21(10-20-11)9-12-14(17)4-3-13(16)15(12)18/h3-4,8,10,19H,2,5-7,9H2,1H3. The number of nitrogens with zero attached hydrogens (tertiary/aromatic N) is 2. The molecule has 2 aromatic rings. The zero-order valence-corrected chi connectivity index (χ0v) is 13.5. The molecule has 0 spiro atoms. The minimum absolute atomic E-state index is 0.0393. The Morgan fingerprint density at radius 3 is 2.86 bits per heavy atom. The lowest BCUT2D eigenvalue weighted by Gasteiger charge is -2.07. The van der Waals surface area contributed by atoms with E-state index in [4.69, 9.17) is 0 Å². The monoisotopic (exact) mass is 357 g/mol. The maximum Gasteiger partial charge on any atom is 0.145 e. The van der Waals surface area contributed by atoms with Gasteiger partial charge in [0.2, 0.25) is 0 Å². The molecule has 1 N–H and O–H groups in total. The van der Waals surface area contributed by atoms with Crippen LogP contribution in [0, 0.1) is 11.6 Å². The van der Waals surface area contributed by atoms with Crippen molar-refractivity contribution in [3.05, 3.63) is 52.0 Å². The summed E-state index contributed by atoms with van der Waals surface area (Å²) in [6, 6.07) is 2.63. The van der Waals surface area contributed by atoms with E-state index >= 15 is 0 Å². The number of rotatable bonds is 7. The first-order chi connectivity index (χ1) is 10.1. The number of aromatic nitrogens is 2. The van der Waals surface area contributed by atoms with E-state index in [1.165, 1.54) is 12.1 Å². The molecule has 1 aromatic carbocycles. The van der Waals surface area contributed by atoms with E-state index in [1.54, 1.807) is 10.9 Å². The molecular weight excluding hydrogens is 340 g/mol. The number of benzene rings is 1. The maximum absolute atomic E-state index is 13.9. The Morgan fingerprint density at radius 2 is 2.10 bits per heavy atom. The van der Waals surface area contributed by atoms with Crippen LogP contribution < -0.4 is 5.32 Å². The second kappa shape index (κ2) is 7.66. The van der Waals surface area contributed by atoms with Crippen molar-refractivity contribution in [2.75, 3.05) is 13.1 Å². The van der Waals surface area contributed by atoms with E-state index < -0.39 is 11.6 Å². The normalized spacial score (nSPS) is 11.0. The van der Waals surface area contributed by atoms with Gasteiger partial charge in [-0.2, -0.15) is 0 Å². The SMILES string of the molecule is CCCNCCc1cn(Cc2c(F)ccc(Br)c2F)cn1. The largest absolute Gasteiger partial charge is 0.333 e. The summed E-state index contributed by atoms with van der Waals surface area (Å²) in [7, 11) is 0. The van der Waals surface area contributed by atoms with Crippen LogP contribution in [0.2, 0.25) is 0 Å².